The summed E-state index contributed by atoms with van der Waals surface area (Å²) in [6.45, 7) is 2.80. The summed E-state index contributed by atoms with van der Waals surface area (Å²) in [4.78, 5) is 2.27. The third-order valence-corrected chi connectivity index (χ3v) is 4.97. The number of hydrogen-bond donors (Lipinski definition) is 0. The molecule has 2 rings (SSSR count). The summed E-state index contributed by atoms with van der Waals surface area (Å²) in [6, 6.07) is 9.42. The largest absolute Gasteiger partial charge is 0.302 e. The Kier molecular flexibility index (Phi) is 4.78. The van der Waals surface area contributed by atoms with Crippen LogP contribution in [0.2, 0.25) is 0 Å². The third-order valence-electron chi connectivity index (χ3n) is 3.40. The Bertz CT molecular complexity index is 450. The highest BCUT2D eigenvalue weighted by Gasteiger charge is 2.16. The molecular weight excluding hydrogens is 246 g/mol. The summed E-state index contributed by atoms with van der Waals surface area (Å²) in [5.74, 6) is 0.448. The molecule has 0 atom stereocenters. The first kappa shape index (κ1) is 13.6. The molecular formula is C14H21NO2S. The first-order valence-corrected chi connectivity index (χ1v) is 8.44. The van der Waals surface area contributed by atoms with E-state index in [2.05, 4.69) is 4.90 Å². The van der Waals surface area contributed by atoms with Crippen LogP contribution in [0, 0.1) is 0 Å². The van der Waals surface area contributed by atoms with Gasteiger partial charge in [0.15, 0.2) is 9.84 Å². The molecule has 100 valence electrons. The number of nitrogens with zero attached hydrogens (tertiary/aromatic N) is 1. The van der Waals surface area contributed by atoms with Gasteiger partial charge in [-0.1, -0.05) is 36.8 Å². The van der Waals surface area contributed by atoms with Gasteiger partial charge in [-0.2, -0.15) is 0 Å². The van der Waals surface area contributed by atoms with E-state index < -0.39 is 9.84 Å². The van der Waals surface area contributed by atoms with E-state index in [0.717, 1.165) is 18.7 Å². The van der Waals surface area contributed by atoms with E-state index in [0.29, 0.717) is 6.54 Å². The highest BCUT2D eigenvalue weighted by atomic mass is 32.2. The fourth-order valence-corrected chi connectivity index (χ4v) is 3.73. The average Bonchev–Trinajstić information content (AvgIpc) is 2.38. The molecule has 1 saturated heterocycles. The zero-order valence-corrected chi connectivity index (χ0v) is 11.5. The van der Waals surface area contributed by atoms with Gasteiger partial charge in [-0.05, 0) is 31.5 Å². The molecule has 1 aromatic carbocycles. The van der Waals surface area contributed by atoms with Gasteiger partial charge in [0.1, 0.15) is 0 Å². The molecule has 0 radical (unpaired) electrons. The van der Waals surface area contributed by atoms with Crippen LogP contribution in [0.15, 0.2) is 30.3 Å². The van der Waals surface area contributed by atoms with Crippen molar-refractivity contribution in [2.75, 3.05) is 25.4 Å². The van der Waals surface area contributed by atoms with Crippen molar-refractivity contribution in [3.05, 3.63) is 35.9 Å². The van der Waals surface area contributed by atoms with Crippen molar-refractivity contribution in [1.29, 1.82) is 0 Å². The Hall–Kier alpha value is -0.870. The van der Waals surface area contributed by atoms with Crippen molar-refractivity contribution in [3.63, 3.8) is 0 Å². The molecule has 0 saturated carbocycles. The predicted octanol–water partition coefficient (Wildman–Crippen LogP) is 2.09. The minimum absolute atomic E-state index is 0.168. The zero-order valence-electron chi connectivity index (χ0n) is 10.7. The van der Waals surface area contributed by atoms with Crippen LogP contribution >= 0.6 is 0 Å². The summed E-state index contributed by atoms with van der Waals surface area (Å²) in [6.07, 6.45) is 3.70. The lowest BCUT2D eigenvalue weighted by molar-refractivity contribution is 0.241. The van der Waals surface area contributed by atoms with E-state index in [1.807, 2.05) is 30.3 Å². The zero-order chi connectivity index (χ0) is 12.8. The SMILES string of the molecule is O=S(=O)(CCN1CCCCC1)Cc1ccccc1. The van der Waals surface area contributed by atoms with E-state index in [1.165, 1.54) is 19.3 Å². The number of hydrogen-bond acceptors (Lipinski definition) is 3. The Morgan fingerprint density at radius 1 is 1.00 bits per heavy atom. The first-order valence-electron chi connectivity index (χ1n) is 6.62. The average molecular weight is 267 g/mol. The predicted molar refractivity (Wildman–Crippen MR) is 74.2 cm³/mol. The second-order valence-corrected chi connectivity index (χ2v) is 7.16. The normalized spacial score (nSPS) is 17.8. The second-order valence-electron chi connectivity index (χ2n) is 4.98. The summed E-state index contributed by atoms with van der Waals surface area (Å²) >= 11 is 0. The first-order chi connectivity index (χ1) is 8.66. The molecule has 0 N–H and O–H groups in total. The maximum Gasteiger partial charge on any atom is 0.155 e. The van der Waals surface area contributed by atoms with Gasteiger partial charge in [0, 0.05) is 6.54 Å². The van der Waals surface area contributed by atoms with E-state index in [-0.39, 0.29) is 11.5 Å². The van der Waals surface area contributed by atoms with Gasteiger partial charge in [0.05, 0.1) is 11.5 Å². The maximum absolute atomic E-state index is 12.0. The van der Waals surface area contributed by atoms with E-state index >= 15 is 0 Å². The highest BCUT2D eigenvalue weighted by Crippen LogP contribution is 2.10. The van der Waals surface area contributed by atoms with Gasteiger partial charge in [0.2, 0.25) is 0 Å². The topological polar surface area (TPSA) is 37.4 Å². The summed E-state index contributed by atoms with van der Waals surface area (Å²) in [7, 11) is -2.98. The number of rotatable bonds is 5. The minimum atomic E-state index is -2.98. The molecule has 1 fully saturated rings. The lowest BCUT2D eigenvalue weighted by atomic mass is 10.1. The van der Waals surface area contributed by atoms with Crippen LogP contribution in [0.3, 0.4) is 0 Å². The van der Waals surface area contributed by atoms with Gasteiger partial charge < -0.3 is 4.90 Å². The van der Waals surface area contributed by atoms with Crippen LogP contribution in [-0.4, -0.2) is 38.7 Å². The highest BCUT2D eigenvalue weighted by molar-refractivity contribution is 7.90. The lowest BCUT2D eigenvalue weighted by Crippen LogP contribution is -2.34. The van der Waals surface area contributed by atoms with Crippen LogP contribution in [0.25, 0.3) is 0 Å². The van der Waals surface area contributed by atoms with Gasteiger partial charge in [-0.15, -0.1) is 0 Å². The van der Waals surface area contributed by atoms with Crippen LogP contribution in [-0.2, 0) is 15.6 Å². The molecule has 0 bridgehead atoms. The molecule has 3 nitrogen and oxygen atoms in total. The molecule has 1 aliphatic heterocycles. The molecule has 18 heavy (non-hydrogen) atoms. The van der Waals surface area contributed by atoms with Crippen LogP contribution in [0.4, 0.5) is 0 Å². The molecule has 1 heterocycles. The second kappa shape index (κ2) is 6.34. The molecule has 1 aromatic rings. The fourth-order valence-electron chi connectivity index (χ4n) is 2.35. The number of sulfone groups is 1. The third kappa shape index (κ3) is 4.42. The smallest absolute Gasteiger partial charge is 0.155 e. The molecule has 4 heteroatoms. The quantitative estimate of drug-likeness (QED) is 0.820. The summed E-state index contributed by atoms with van der Waals surface area (Å²) in [5, 5.41) is 0. The molecule has 0 spiro atoms. The van der Waals surface area contributed by atoms with Crippen molar-refractivity contribution >= 4 is 9.84 Å². The molecule has 0 unspecified atom stereocenters. The van der Waals surface area contributed by atoms with Crippen molar-refractivity contribution in [3.8, 4) is 0 Å². The maximum atomic E-state index is 12.0. The molecule has 0 aliphatic carbocycles. The van der Waals surface area contributed by atoms with E-state index in [1.54, 1.807) is 0 Å². The Labute approximate surface area is 110 Å². The van der Waals surface area contributed by atoms with E-state index in [9.17, 15) is 8.42 Å². The van der Waals surface area contributed by atoms with Gasteiger partial charge >= 0.3 is 0 Å². The van der Waals surface area contributed by atoms with Crippen molar-refractivity contribution in [2.45, 2.75) is 25.0 Å². The van der Waals surface area contributed by atoms with Crippen molar-refractivity contribution in [2.24, 2.45) is 0 Å². The molecule has 1 aliphatic rings. The Morgan fingerprint density at radius 2 is 1.67 bits per heavy atom. The van der Waals surface area contributed by atoms with Crippen LogP contribution in [0.5, 0.6) is 0 Å². The standard InChI is InChI=1S/C14H21NO2S/c16-18(17,13-14-7-3-1-4-8-14)12-11-15-9-5-2-6-10-15/h1,3-4,7-8H,2,5-6,9-13H2. The minimum Gasteiger partial charge on any atom is -0.302 e. The summed E-state index contributed by atoms with van der Waals surface area (Å²) in [5.41, 5.74) is 0.885. The fraction of sp³-hybridized carbons (Fsp3) is 0.571. The monoisotopic (exact) mass is 267 g/mol. The Balaban J connectivity index is 1.83. The summed E-state index contributed by atoms with van der Waals surface area (Å²) < 4.78 is 24.0. The molecule has 0 aromatic heterocycles. The van der Waals surface area contributed by atoms with Crippen LogP contribution < -0.4 is 0 Å². The van der Waals surface area contributed by atoms with Gasteiger partial charge in [0.25, 0.3) is 0 Å². The van der Waals surface area contributed by atoms with E-state index in [4.69, 9.17) is 0 Å². The Morgan fingerprint density at radius 3 is 2.33 bits per heavy atom. The molecule has 0 amide bonds. The van der Waals surface area contributed by atoms with Gasteiger partial charge in [-0.25, -0.2) is 8.42 Å². The number of likely N-dealkylation sites (tertiary alicyclic amines) is 1. The number of benzene rings is 1. The van der Waals surface area contributed by atoms with Crippen LogP contribution in [0.1, 0.15) is 24.8 Å². The van der Waals surface area contributed by atoms with Crippen molar-refractivity contribution in [1.82, 2.24) is 4.90 Å². The number of piperidine rings is 1. The lowest BCUT2D eigenvalue weighted by Gasteiger charge is -2.26. The van der Waals surface area contributed by atoms with Crippen molar-refractivity contribution < 1.29 is 8.42 Å². The van der Waals surface area contributed by atoms with Gasteiger partial charge in [-0.3, -0.25) is 0 Å².